The molecule has 0 amide bonds. The standard InChI is InChI=1S/C19H18N4/c1-2-3-7-15-10-17(14-8-5-4-6-9-14)19(12-21,13-22)18(23)16(15)11-20/h4-9,17H,2-3,10,23H2,1H3. The molecular weight excluding hydrogens is 284 g/mol. The summed E-state index contributed by atoms with van der Waals surface area (Å²) in [6, 6.07) is 15.7. The minimum atomic E-state index is -1.50. The summed E-state index contributed by atoms with van der Waals surface area (Å²) in [4.78, 5) is 0. The van der Waals surface area contributed by atoms with E-state index in [9.17, 15) is 15.8 Å². The summed E-state index contributed by atoms with van der Waals surface area (Å²) in [6.07, 6.45) is 4.26. The van der Waals surface area contributed by atoms with Crippen LogP contribution >= 0.6 is 0 Å². The molecular formula is C19H18N4. The van der Waals surface area contributed by atoms with E-state index in [0.717, 1.165) is 24.0 Å². The lowest BCUT2D eigenvalue weighted by Crippen LogP contribution is -2.37. The van der Waals surface area contributed by atoms with Gasteiger partial charge < -0.3 is 5.73 Å². The maximum absolute atomic E-state index is 9.70. The summed E-state index contributed by atoms with van der Waals surface area (Å²) in [5.74, 6) is -0.376. The van der Waals surface area contributed by atoms with Crippen LogP contribution in [0.15, 0.2) is 53.3 Å². The monoisotopic (exact) mass is 302 g/mol. The lowest BCUT2D eigenvalue weighted by atomic mass is 9.63. The van der Waals surface area contributed by atoms with Crippen LogP contribution in [0.5, 0.6) is 0 Å². The quantitative estimate of drug-likeness (QED) is 0.921. The van der Waals surface area contributed by atoms with Crippen LogP contribution in [-0.4, -0.2) is 0 Å². The van der Waals surface area contributed by atoms with Gasteiger partial charge in [-0.3, -0.25) is 0 Å². The molecule has 0 saturated heterocycles. The van der Waals surface area contributed by atoms with E-state index in [4.69, 9.17) is 5.73 Å². The first-order chi connectivity index (χ1) is 11.1. The number of allylic oxidation sites excluding steroid dienone is 4. The zero-order valence-corrected chi connectivity index (χ0v) is 13.1. The molecule has 4 heteroatoms. The van der Waals surface area contributed by atoms with E-state index in [2.05, 4.69) is 25.1 Å². The minimum Gasteiger partial charge on any atom is -0.399 e. The zero-order chi connectivity index (χ0) is 16.9. The highest BCUT2D eigenvalue weighted by Gasteiger charge is 2.48. The SMILES string of the molecule is CCCC=C1CC(c2ccccc2)C(C#N)(C#N)C(N)=C1C#N. The Hall–Kier alpha value is -3.03. The zero-order valence-electron chi connectivity index (χ0n) is 13.1. The first-order valence-corrected chi connectivity index (χ1v) is 7.61. The molecule has 1 aliphatic rings. The number of hydrogen-bond acceptors (Lipinski definition) is 4. The van der Waals surface area contributed by atoms with Crippen LogP contribution in [-0.2, 0) is 0 Å². The van der Waals surface area contributed by atoms with Gasteiger partial charge in [0, 0.05) is 5.92 Å². The van der Waals surface area contributed by atoms with Gasteiger partial charge >= 0.3 is 0 Å². The summed E-state index contributed by atoms with van der Waals surface area (Å²) in [6.45, 7) is 2.06. The van der Waals surface area contributed by atoms with Gasteiger partial charge in [-0.15, -0.1) is 0 Å². The summed E-state index contributed by atoms with van der Waals surface area (Å²) >= 11 is 0. The summed E-state index contributed by atoms with van der Waals surface area (Å²) < 4.78 is 0. The molecule has 1 aromatic rings. The smallest absolute Gasteiger partial charge is 0.191 e. The summed E-state index contributed by atoms with van der Waals surface area (Å²) in [7, 11) is 0. The highest BCUT2D eigenvalue weighted by molar-refractivity contribution is 5.57. The van der Waals surface area contributed by atoms with Gasteiger partial charge in [0.1, 0.15) is 6.07 Å². The van der Waals surface area contributed by atoms with E-state index in [1.807, 2.05) is 36.4 Å². The second kappa shape index (κ2) is 6.82. The molecule has 1 unspecified atom stereocenters. The number of nitrogens with zero attached hydrogens (tertiary/aromatic N) is 3. The van der Waals surface area contributed by atoms with Crippen LogP contribution in [0.1, 0.15) is 37.7 Å². The molecule has 0 radical (unpaired) electrons. The predicted molar refractivity (Wildman–Crippen MR) is 87.3 cm³/mol. The molecule has 1 aromatic carbocycles. The molecule has 2 rings (SSSR count). The first kappa shape index (κ1) is 16.3. The highest BCUT2D eigenvalue weighted by Crippen LogP contribution is 2.49. The molecule has 2 N–H and O–H groups in total. The Balaban J connectivity index is 2.69. The Kier molecular flexibility index (Phi) is 4.85. The van der Waals surface area contributed by atoms with Gasteiger partial charge in [-0.2, -0.15) is 15.8 Å². The van der Waals surface area contributed by atoms with Gasteiger partial charge in [-0.05, 0) is 24.0 Å². The number of nitriles is 3. The van der Waals surface area contributed by atoms with Crippen molar-refractivity contribution >= 4 is 0 Å². The van der Waals surface area contributed by atoms with Gasteiger partial charge in [-0.25, -0.2) is 0 Å². The van der Waals surface area contributed by atoms with E-state index in [0.29, 0.717) is 6.42 Å². The van der Waals surface area contributed by atoms with Gasteiger partial charge in [0.2, 0.25) is 0 Å². The van der Waals surface area contributed by atoms with E-state index >= 15 is 0 Å². The third kappa shape index (κ3) is 2.70. The molecule has 0 aliphatic heterocycles. The number of nitrogens with two attached hydrogens (primary N) is 1. The number of benzene rings is 1. The molecule has 0 heterocycles. The minimum absolute atomic E-state index is 0.0763. The van der Waals surface area contributed by atoms with Gasteiger partial charge in [-0.1, -0.05) is 49.8 Å². The third-order valence-electron chi connectivity index (χ3n) is 4.31. The van der Waals surface area contributed by atoms with E-state index in [1.54, 1.807) is 0 Å². The average Bonchev–Trinajstić information content (AvgIpc) is 2.60. The van der Waals surface area contributed by atoms with Gasteiger partial charge in [0.25, 0.3) is 0 Å². The van der Waals surface area contributed by atoms with Crippen LogP contribution in [0, 0.1) is 39.4 Å². The van der Waals surface area contributed by atoms with E-state index in [-0.39, 0.29) is 17.2 Å². The van der Waals surface area contributed by atoms with Crippen molar-refractivity contribution in [3.63, 3.8) is 0 Å². The molecule has 1 aliphatic carbocycles. The van der Waals surface area contributed by atoms with Crippen molar-refractivity contribution in [1.29, 1.82) is 15.8 Å². The Morgan fingerprint density at radius 3 is 2.39 bits per heavy atom. The van der Waals surface area contributed by atoms with Crippen molar-refractivity contribution in [3.8, 4) is 18.2 Å². The van der Waals surface area contributed by atoms with Crippen molar-refractivity contribution in [1.82, 2.24) is 0 Å². The molecule has 0 saturated carbocycles. The van der Waals surface area contributed by atoms with Crippen LogP contribution in [0.3, 0.4) is 0 Å². The normalized spacial score (nSPS) is 21.3. The molecule has 0 bridgehead atoms. The van der Waals surface area contributed by atoms with Crippen molar-refractivity contribution in [3.05, 3.63) is 58.8 Å². The fraction of sp³-hybridized carbons (Fsp3) is 0.316. The summed E-state index contributed by atoms with van der Waals surface area (Å²) in [5.41, 5.74) is 6.73. The molecule has 114 valence electrons. The van der Waals surface area contributed by atoms with E-state index in [1.165, 1.54) is 0 Å². The molecule has 23 heavy (non-hydrogen) atoms. The van der Waals surface area contributed by atoms with Crippen molar-refractivity contribution in [2.24, 2.45) is 11.1 Å². The average molecular weight is 302 g/mol. The van der Waals surface area contributed by atoms with Crippen LogP contribution in [0.25, 0.3) is 0 Å². The van der Waals surface area contributed by atoms with Crippen LogP contribution in [0.4, 0.5) is 0 Å². The van der Waals surface area contributed by atoms with Crippen molar-refractivity contribution in [2.75, 3.05) is 0 Å². The largest absolute Gasteiger partial charge is 0.399 e. The van der Waals surface area contributed by atoms with Crippen LogP contribution < -0.4 is 5.73 Å². The van der Waals surface area contributed by atoms with Gasteiger partial charge in [0.15, 0.2) is 5.41 Å². The highest BCUT2D eigenvalue weighted by atomic mass is 14.7. The maximum atomic E-state index is 9.70. The Morgan fingerprint density at radius 1 is 1.22 bits per heavy atom. The molecule has 1 atom stereocenters. The Labute approximate surface area is 136 Å². The number of unbranched alkanes of at least 4 members (excludes halogenated alkanes) is 1. The Morgan fingerprint density at radius 2 is 1.87 bits per heavy atom. The maximum Gasteiger partial charge on any atom is 0.191 e. The van der Waals surface area contributed by atoms with Gasteiger partial charge in [0.05, 0.1) is 23.4 Å². The van der Waals surface area contributed by atoms with Crippen molar-refractivity contribution < 1.29 is 0 Å². The van der Waals surface area contributed by atoms with Crippen molar-refractivity contribution in [2.45, 2.75) is 32.1 Å². The lowest BCUT2D eigenvalue weighted by molar-refractivity contribution is 0.447. The molecule has 4 nitrogen and oxygen atoms in total. The van der Waals surface area contributed by atoms with Crippen LogP contribution in [0.2, 0.25) is 0 Å². The predicted octanol–water partition coefficient (Wildman–Crippen LogP) is 3.67. The number of hydrogen-bond donors (Lipinski definition) is 1. The fourth-order valence-corrected chi connectivity index (χ4v) is 3.02. The topological polar surface area (TPSA) is 97.4 Å². The summed E-state index contributed by atoms with van der Waals surface area (Å²) in [5, 5.41) is 28.9. The molecule has 0 spiro atoms. The number of rotatable bonds is 3. The molecule has 0 fully saturated rings. The van der Waals surface area contributed by atoms with E-state index < -0.39 is 5.41 Å². The lowest BCUT2D eigenvalue weighted by Gasteiger charge is -2.35. The second-order valence-corrected chi connectivity index (χ2v) is 5.62. The first-order valence-electron chi connectivity index (χ1n) is 7.61. The second-order valence-electron chi connectivity index (χ2n) is 5.62. The molecule has 0 aromatic heterocycles. The fourth-order valence-electron chi connectivity index (χ4n) is 3.02. The Bertz CT molecular complexity index is 752. The third-order valence-corrected chi connectivity index (χ3v) is 4.31.